The second-order valence-electron chi connectivity index (χ2n) is 6.02. The largest absolute Gasteiger partial charge is 0.501 e. The normalized spacial score (nSPS) is 13.6. The number of nitrogens with one attached hydrogen (secondary N) is 1. The molecule has 1 aromatic heterocycles. The van der Waals surface area contributed by atoms with Crippen molar-refractivity contribution in [3.8, 4) is 0 Å². The number of nitro groups is 1. The molecule has 0 saturated carbocycles. The summed E-state index contributed by atoms with van der Waals surface area (Å²) in [4.78, 5) is 13.5. The quantitative estimate of drug-likeness (QED) is 0.536. The summed E-state index contributed by atoms with van der Waals surface area (Å²) in [6, 6.07) is 1.56. The number of nitrogens with zero attached hydrogens (tertiary/aromatic N) is 2. The number of alkyl halides is 3. The lowest BCUT2D eigenvalue weighted by Crippen LogP contribution is -2.23. The zero-order chi connectivity index (χ0) is 20.6. The highest BCUT2D eigenvalue weighted by Crippen LogP contribution is 2.36. The molecule has 0 amide bonds. The molecule has 0 spiro atoms. The standard InChI is InChI=1S/C15H16F3N3O4S2/c1-8(2)14-20-12(7-26-14)9(3)19-11-5-4-10(6-13(11)21(22)23)27(24,25)15(16,17)18/h4-9,19H,1-3H3. The Morgan fingerprint density at radius 3 is 2.37 bits per heavy atom. The molecule has 0 aliphatic carbocycles. The molecule has 0 aliphatic rings. The van der Waals surface area contributed by atoms with Crippen molar-refractivity contribution >= 4 is 32.5 Å². The number of aromatic nitrogens is 1. The molecule has 1 aromatic carbocycles. The van der Waals surface area contributed by atoms with Gasteiger partial charge in [0.25, 0.3) is 15.5 Å². The number of sulfone groups is 1. The zero-order valence-corrected chi connectivity index (χ0v) is 16.1. The third-order valence-electron chi connectivity index (χ3n) is 3.63. The molecule has 1 atom stereocenters. The van der Waals surface area contributed by atoms with E-state index in [-0.39, 0.29) is 11.6 Å². The number of anilines is 1. The molecule has 0 radical (unpaired) electrons. The summed E-state index contributed by atoms with van der Waals surface area (Å²) in [5.74, 6) is 0.206. The van der Waals surface area contributed by atoms with Gasteiger partial charge in [-0.25, -0.2) is 13.4 Å². The number of hydrogen-bond donors (Lipinski definition) is 1. The van der Waals surface area contributed by atoms with Crippen molar-refractivity contribution in [1.29, 1.82) is 0 Å². The van der Waals surface area contributed by atoms with E-state index in [4.69, 9.17) is 0 Å². The lowest BCUT2D eigenvalue weighted by Gasteiger charge is -2.14. The summed E-state index contributed by atoms with van der Waals surface area (Å²) in [6.07, 6.45) is 0. The lowest BCUT2D eigenvalue weighted by atomic mass is 10.2. The highest BCUT2D eigenvalue weighted by atomic mass is 32.2. The first-order valence-corrected chi connectivity index (χ1v) is 10.0. The van der Waals surface area contributed by atoms with Crippen LogP contribution in [0.15, 0.2) is 28.5 Å². The molecule has 1 N–H and O–H groups in total. The van der Waals surface area contributed by atoms with Gasteiger partial charge in [-0.2, -0.15) is 13.2 Å². The van der Waals surface area contributed by atoms with Crippen LogP contribution < -0.4 is 5.32 Å². The van der Waals surface area contributed by atoms with Gasteiger partial charge in [-0.05, 0) is 19.1 Å². The number of nitro benzene ring substituents is 1. The minimum atomic E-state index is -5.68. The first kappa shape index (κ1) is 21.1. The van der Waals surface area contributed by atoms with Gasteiger partial charge in [-0.15, -0.1) is 11.3 Å². The van der Waals surface area contributed by atoms with Gasteiger partial charge in [0.05, 0.1) is 26.6 Å². The van der Waals surface area contributed by atoms with Crippen LogP contribution in [0.4, 0.5) is 24.5 Å². The fraction of sp³-hybridized carbons (Fsp3) is 0.400. The van der Waals surface area contributed by atoms with Crippen LogP contribution >= 0.6 is 11.3 Å². The van der Waals surface area contributed by atoms with E-state index in [2.05, 4.69) is 10.3 Å². The zero-order valence-electron chi connectivity index (χ0n) is 14.4. The van der Waals surface area contributed by atoms with Gasteiger partial charge in [-0.3, -0.25) is 10.1 Å². The molecule has 27 heavy (non-hydrogen) atoms. The van der Waals surface area contributed by atoms with Gasteiger partial charge in [-0.1, -0.05) is 13.8 Å². The van der Waals surface area contributed by atoms with Crippen molar-refractivity contribution in [1.82, 2.24) is 4.98 Å². The summed E-state index contributed by atoms with van der Waals surface area (Å²) in [5, 5.41) is 16.7. The maximum absolute atomic E-state index is 12.7. The number of thiazole rings is 1. The fourth-order valence-corrected chi connectivity index (χ4v) is 3.87. The van der Waals surface area contributed by atoms with Crippen molar-refractivity contribution in [3.63, 3.8) is 0 Å². The molecule has 0 saturated heterocycles. The molecule has 148 valence electrons. The second kappa shape index (κ2) is 7.43. The van der Waals surface area contributed by atoms with Crippen molar-refractivity contribution in [2.45, 2.75) is 43.1 Å². The maximum atomic E-state index is 12.7. The predicted octanol–water partition coefficient (Wildman–Crippen LogP) is 4.64. The molecule has 1 unspecified atom stereocenters. The number of halogens is 3. The Labute approximate surface area is 157 Å². The van der Waals surface area contributed by atoms with Crippen molar-refractivity contribution < 1.29 is 26.5 Å². The Morgan fingerprint density at radius 1 is 1.26 bits per heavy atom. The highest BCUT2D eigenvalue weighted by Gasteiger charge is 2.47. The molecule has 0 fully saturated rings. The van der Waals surface area contributed by atoms with Crippen LogP contribution in [0.25, 0.3) is 0 Å². The van der Waals surface area contributed by atoms with E-state index in [9.17, 15) is 31.7 Å². The molecule has 7 nitrogen and oxygen atoms in total. The van der Waals surface area contributed by atoms with Gasteiger partial charge in [0.1, 0.15) is 5.69 Å². The predicted molar refractivity (Wildman–Crippen MR) is 94.6 cm³/mol. The Kier molecular flexibility index (Phi) is 5.80. The minimum Gasteiger partial charge on any atom is -0.371 e. The number of hydrogen-bond acceptors (Lipinski definition) is 7. The summed E-state index contributed by atoms with van der Waals surface area (Å²) < 4.78 is 61.0. The Morgan fingerprint density at radius 2 is 1.89 bits per heavy atom. The molecule has 0 aliphatic heterocycles. The fourth-order valence-electron chi connectivity index (χ4n) is 2.16. The molecular weight excluding hydrogens is 407 g/mol. The third kappa shape index (κ3) is 4.38. The first-order valence-electron chi connectivity index (χ1n) is 7.66. The Balaban J connectivity index is 2.38. The maximum Gasteiger partial charge on any atom is 0.501 e. The van der Waals surface area contributed by atoms with Crippen LogP contribution in [0.3, 0.4) is 0 Å². The third-order valence-corrected chi connectivity index (χ3v) is 6.28. The van der Waals surface area contributed by atoms with E-state index < -0.39 is 36.9 Å². The van der Waals surface area contributed by atoms with Crippen molar-refractivity contribution in [2.24, 2.45) is 0 Å². The average Bonchev–Trinajstić information content (AvgIpc) is 3.04. The number of benzene rings is 1. The van der Waals surface area contributed by atoms with Gasteiger partial charge in [0.2, 0.25) is 0 Å². The van der Waals surface area contributed by atoms with Gasteiger partial charge in [0.15, 0.2) is 0 Å². The van der Waals surface area contributed by atoms with E-state index >= 15 is 0 Å². The molecule has 2 aromatic rings. The molecule has 12 heteroatoms. The topological polar surface area (TPSA) is 102 Å². The monoisotopic (exact) mass is 423 g/mol. The first-order chi connectivity index (χ1) is 12.3. The van der Waals surface area contributed by atoms with E-state index in [1.54, 1.807) is 12.3 Å². The molecule has 2 rings (SSSR count). The van der Waals surface area contributed by atoms with Crippen LogP contribution in [-0.4, -0.2) is 23.8 Å². The molecule has 1 heterocycles. The Hall–Kier alpha value is -2.21. The smallest absolute Gasteiger partial charge is 0.371 e. The van der Waals surface area contributed by atoms with Crippen LogP contribution in [0.5, 0.6) is 0 Å². The van der Waals surface area contributed by atoms with E-state index in [0.29, 0.717) is 17.8 Å². The summed E-state index contributed by atoms with van der Waals surface area (Å²) in [5.41, 5.74) is -5.80. The van der Waals surface area contributed by atoms with Gasteiger partial charge < -0.3 is 5.32 Å². The van der Waals surface area contributed by atoms with Crippen LogP contribution in [0, 0.1) is 10.1 Å². The van der Waals surface area contributed by atoms with Crippen LogP contribution in [0.1, 0.15) is 43.4 Å². The summed E-state index contributed by atoms with van der Waals surface area (Å²) >= 11 is 1.43. The van der Waals surface area contributed by atoms with E-state index in [1.165, 1.54) is 11.3 Å². The Bertz CT molecular complexity index is 955. The minimum absolute atomic E-state index is 0.104. The average molecular weight is 423 g/mol. The number of rotatable bonds is 6. The van der Waals surface area contributed by atoms with Crippen molar-refractivity contribution in [2.75, 3.05) is 5.32 Å². The van der Waals surface area contributed by atoms with Crippen LogP contribution in [-0.2, 0) is 9.84 Å². The molecule has 0 bridgehead atoms. The SMILES string of the molecule is CC(C)c1nc(C(C)Nc2ccc(S(=O)(=O)C(F)(F)F)cc2[N+](=O)[O-])cs1. The van der Waals surface area contributed by atoms with E-state index in [0.717, 1.165) is 11.1 Å². The van der Waals surface area contributed by atoms with E-state index in [1.807, 2.05) is 13.8 Å². The van der Waals surface area contributed by atoms with Crippen LogP contribution in [0.2, 0.25) is 0 Å². The van der Waals surface area contributed by atoms with Gasteiger partial charge >= 0.3 is 5.51 Å². The van der Waals surface area contributed by atoms with Crippen molar-refractivity contribution in [3.05, 3.63) is 44.4 Å². The summed E-state index contributed by atoms with van der Waals surface area (Å²) in [7, 11) is -5.68. The molecular formula is C15H16F3N3O4S2. The second-order valence-corrected chi connectivity index (χ2v) is 8.85. The van der Waals surface area contributed by atoms with Gasteiger partial charge in [0, 0.05) is 17.4 Å². The summed E-state index contributed by atoms with van der Waals surface area (Å²) in [6.45, 7) is 5.61. The lowest BCUT2D eigenvalue weighted by molar-refractivity contribution is -0.384. The highest BCUT2D eigenvalue weighted by molar-refractivity contribution is 7.92.